The van der Waals surface area contributed by atoms with Crippen molar-refractivity contribution >= 4 is 11.7 Å². The molecule has 0 bridgehead atoms. The molecule has 1 saturated heterocycles. The Kier molecular flexibility index (Phi) is 2.57. The molecule has 3 nitrogen and oxygen atoms in total. The van der Waals surface area contributed by atoms with Gasteiger partial charge < -0.3 is 4.90 Å². The van der Waals surface area contributed by atoms with Gasteiger partial charge >= 0.3 is 0 Å². The molecule has 14 heavy (non-hydrogen) atoms. The summed E-state index contributed by atoms with van der Waals surface area (Å²) in [6, 6.07) is 0. The molecule has 1 heterocycles. The van der Waals surface area contributed by atoms with Gasteiger partial charge in [0.15, 0.2) is 0 Å². The van der Waals surface area contributed by atoms with Crippen LogP contribution in [0.1, 0.15) is 32.6 Å². The largest absolute Gasteiger partial charge is 0.342 e. The molecule has 2 aliphatic rings. The number of carbonyl (C=O) groups is 2. The number of piperidine rings is 1. The van der Waals surface area contributed by atoms with Crippen LogP contribution in [0.5, 0.6) is 0 Å². The van der Waals surface area contributed by atoms with E-state index in [2.05, 4.69) is 6.92 Å². The van der Waals surface area contributed by atoms with Gasteiger partial charge in [-0.1, -0.05) is 6.92 Å². The van der Waals surface area contributed by atoms with E-state index in [4.69, 9.17) is 0 Å². The zero-order valence-electron chi connectivity index (χ0n) is 8.66. The minimum absolute atomic E-state index is 0.0240. The Morgan fingerprint density at radius 2 is 1.86 bits per heavy atom. The Morgan fingerprint density at radius 1 is 1.29 bits per heavy atom. The smallest absolute Gasteiger partial charge is 0.226 e. The number of hydrogen-bond donors (Lipinski definition) is 0. The maximum atomic E-state index is 11.8. The van der Waals surface area contributed by atoms with E-state index < -0.39 is 0 Å². The fourth-order valence-electron chi connectivity index (χ4n) is 2.15. The molecule has 0 radical (unpaired) electrons. The second-order valence-corrected chi connectivity index (χ2v) is 4.65. The van der Waals surface area contributed by atoms with E-state index in [1.165, 1.54) is 0 Å². The number of ketones is 1. The minimum Gasteiger partial charge on any atom is -0.342 e. The molecule has 0 aromatic rings. The first-order chi connectivity index (χ1) is 6.66. The molecule has 0 atom stereocenters. The standard InChI is InChI=1S/C11H17NO2/c1-8-2-4-12(5-3-8)11(14)9-6-10(13)7-9/h8-9H,2-7H2,1H3. The van der Waals surface area contributed by atoms with Crippen LogP contribution in [0.2, 0.25) is 0 Å². The van der Waals surface area contributed by atoms with Crippen molar-refractivity contribution in [1.82, 2.24) is 4.90 Å². The fourth-order valence-corrected chi connectivity index (χ4v) is 2.15. The topological polar surface area (TPSA) is 37.4 Å². The van der Waals surface area contributed by atoms with Gasteiger partial charge in [-0.2, -0.15) is 0 Å². The SMILES string of the molecule is CC1CCN(C(=O)C2CC(=O)C2)CC1. The van der Waals surface area contributed by atoms with Crippen molar-refractivity contribution in [2.75, 3.05) is 13.1 Å². The minimum atomic E-state index is 0.0240. The van der Waals surface area contributed by atoms with Crippen molar-refractivity contribution < 1.29 is 9.59 Å². The molecule has 78 valence electrons. The van der Waals surface area contributed by atoms with Gasteiger partial charge in [0.25, 0.3) is 0 Å². The summed E-state index contributed by atoms with van der Waals surface area (Å²) >= 11 is 0. The van der Waals surface area contributed by atoms with Gasteiger partial charge in [0, 0.05) is 25.9 Å². The maximum Gasteiger partial charge on any atom is 0.226 e. The average Bonchev–Trinajstić information content (AvgIpc) is 2.13. The van der Waals surface area contributed by atoms with Crippen LogP contribution in [0.15, 0.2) is 0 Å². The second-order valence-electron chi connectivity index (χ2n) is 4.65. The fraction of sp³-hybridized carbons (Fsp3) is 0.818. The van der Waals surface area contributed by atoms with Gasteiger partial charge in [-0.15, -0.1) is 0 Å². The van der Waals surface area contributed by atoms with Crippen LogP contribution < -0.4 is 0 Å². The highest BCUT2D eigenvalue weighted by molar-refractivity contribution is 5.96. The number of amides is 1. The molecular formula is C11H17NO2. The Labute approximate surface area is 84.5 Å². The summed E-state index contributed by atoms with van der Waals surface area (Å²) in [5.41, 5.74) is 0. The van der Waals surface area contributed by atoms with E-state index in [1.807, 2.05) is 4.90 Å². The van der Waals surface area contributed by atoms with Gasteiger partial charge in [-0.05, 0) is 18.8 Å². The van der Waals surface area contributed by atoms with Crippen LogP contribution >= 0.6 is 0 Å². The first-order valence-corrected chi connectivity index (χ1v) is 5.47. The van der Waals surface area contributed by atoms with Crippen molar-refractivity contribution in [3.63, 3.8) is 0 Å². The summed E-state index contributed by atoms with van der Waals surface area (Å²) in [6.07, 6.45) is 3.22. The third kappa shape index (κ3) is 1.81. The quantitative estimate of drug-likeness (QED) is 0.631. The number of likely N-dealkylation sites (tertiary alicyclic amines) is 1. The molecule has 0 spiro atoms. The zero-order valence-corrected chi connectivity index (χ0v) is 8.66. The van der Waals surface area contributed by atoms with Gasteiger partial charge in [0.2, 0.25) is 5.91 Å². The van der Waals surface area contributed by atoms with Gasteiger partial charge in [-0.25, -0.2) is 0 Å². The van der Waals surface area contributed by atoms with Crippen LogP contribution in [-0.2, 0) is 9.59 Å². The third-order valence-corrected chi connectivity index (χ3v) is 3.39. The average molecular weight is 195 g/mol. The highest BCUT2D eigenvalue weighted by atomic mass is 16.2. The zero-order chi connectivity index (χ0) is 10.1. The first kappa shape index (κ1) is 9.69. The molecule has 2 fully saturated rings. The molecule has 1 aliphatic heterocycles. The molecule has 1 aliphatic carbocycles. The molecule has 0 unspecified atom stereocenters. The normalized spacial score (nSPS) is 24.9. The molecule has 1 saturated carbocycles. The van der Waals surface area contributed by atoms with Crippen molar-refractivity contribution in [2.24, 2.45) is 11.8 Å². The molecule has 0 N–H and O–H groups in total. The lowest BCUT2D eigenvalue weighted by Gasteiger charge is -2.35. The van der Waals surface area contributed by atoms with Crippen molar-refractivity contribution in [3.05, 3.63) is 0 Å². The van der Waals surface area contributed by atoms with Crippen molar-refractivity contribution in [3.8, 4) is 0 Å². The summed E-state index contributed by atoms with van der Waals surface area (Å²) in [4.78, 5) is 24.5. The summed E-state index contributed by atoms with van der Waals surface area (Å²) in [5, 5.41) is 0. The van der Waals surface area contributed by atoms with Gasteiger partial charge in [0.1, 0.15) is 5.78 Å². The van der Waals surface area contributed by atoms with E-state index in [9.17, 15) is 9.59 Å². The Bertz CT molecular complexity index is 246. The molecule has 0 aromatic carbocycles. The highest BCUT2D eigenvalue weighted by Crippen LogP contribution is 2.27. The summed E-state index contributed by atoms with van der Waals surface area (Å²) in [5.74, 6) is 1.24. The summed E-state index contributed by atoms with van der Waals surface area (Å²) in [7, 11) is 0. The van der Waals surface area contributed by atoms with E-state index in [0.29, 0.717) is 12.8 Å². The highest BCUT2D eigenvalue weighted by Gasteiger charge is 2.36. The number of nitrogens with zero attached hydrogens (tertiary/aromatic N) is 1. The molecular weight excluding hydrogens is 178 g/mol. The number of hydrogen-bond acceptors (Lipinski definition) is 2. The number of Topliss-reactive ketones (excluding diaryl/α,β-unsaturated/α-hetero) is 1. The Balaban J connectivity index is 1.83. The van der Waals surface area contributed by atoms with E-state index in [0.717, 1.165) is 31.8 Å². The van der Waals surface area contributed by atoms with Crippen LogP contribution in [0.25, 0.3) is 0 Å². The van der Waals surface area contributed by atoms with Crippen molar-refractivity contribution in [1.29, 1.82) is 0 Å². The van der Waals surface area contributed by atoms with Gasteiger partial charge in [-0.3, -0.25) is 9.59 Å². The van der Waals surface area contributed by atoms with Gasteiger partial charge in [0.05, 0.1) is 5.92 Å². The molecule has 2 rings (SSSR count). The van der Waals surface area contributed by atoms with Crippen LogP contribution in [0.4, 0.5) is 0 Å². The predicted octanol–water partition coefficient (Wildman–Crippen LogP) is 1.22. The Morgan fingerprint density at radius 3 is 2.36 bits per heavy atom. The van der Waals surface area contributed by atoms with E-state index in [-0.39, 0.29) is 17.6 Å². The monoisotopic (exact) mass is 195 g/mol. The van der Waals surface area contributed by atoms with Crippen LogP contribution in [0, 0.1) is 11.8 Å². The lowest BCUT2D eigenvalue weighted by molar-refractivity contribution is -0.145. The molecule has 0 aromatic heterocycles. The molecule has 3 heteroatoms. The lowest BCUT2D eigenvalue weighted by atomic mass is 9.82. The third-order valence-electron chi connectivity index (χ3n) is 3.39. The maximum absolute atomic E-state index is 11.8. The predicted molar refractivity (Wildman–Crippen MR) is 52.7 cm³/mol. The van der Waals surface area contributed by atoms with Crippen molar-refractivity contribution in [2.45, 2.75) is 32.6 Å². The van der Waals surface area contributed by atoms with Crippen LogP contribution in [-0.4, -0.2) is 29.7 Å². The summed E-state index contributed by atoms with van der Waals surface area (Å²) in [6.45, 7) is 4.02. The molecule has 1 amide bonds. The number of rotatable bonds is 1. The summed E-state index contributed by atoms with van der Waals surface area (Å²) < 4.78 is 0. The van der Waals surface area contributed by atoms with E-state index >= 15 is 0 Å². The van der Waals surface area contributed by atoms with Crippen LogP contribution in [0.3, 0.4) is 0 Å². The second kappa shape index (κ2) is 3.71. The lowest BCUT2D eigenvalue weighted by Crippen LogP contribution is -2.45. The first-order valence-electron chi connectivity index (χ1n) is 5.47. The van der Waals surface area contributed by atoms with E-state index in [1.54, 1.807) is 0 Å². The Hall–Kier alpha value is -0.860. The number of carbonyl (C=O) groups excluding carboxylic acids is 2.